The van der Waals surface area contributed by atoms with Gasteiger partial charge < -0.3 is 4.98 Å². The van der Waals surface area contributed by atoms with Gasteiger partial charge in [-0.3, -0.25) is 4.79 Å². The Balaban J connectivity index is 3.17. The van der Waals surface area contributed by atoms with Gasteiger partial charge in [0.15, 0.2) is 0 Å². The number of nitrogens with one attached hydrogen (secondary N) is 1. The molecule has 0 aromatic carbocycles. The van der Waals surface area contributed by atoms with Gasteiger partial charge in [0.25, 0.3) is 0 Å². The molecule has 17 heavy (non-hydrogen) atoms. The molecule has 0 amide bonds. The summed E-state index contributed by atoms with van der Waals surface area (Å²) in [6.07, 6.45) is 4.12. The van der Waals surface area contributed by atoms with E-state index in [1.54, 1.807) is 0 Å². The fourth-order valence-electron chi connectivity index (χ4n) is 1.59. The van der Waals surface area contributed by atoms with Crippen molar-refractivity contribution in [2.75, 3.05) is 13.1 Å². The largest absolute Gasteiger partial charge is 0.366 e. The van der Waals surface area contributed by atoms with Crippen molar-refractivity contribution < 1.29 is 8.42 Å². The van der Waals surface area contributed by atoms with Crippen LogP contribution in [0, 0.1) is 0 Å². The third-order valence-electron chi connectivity index (χ3n) is 2.35. The van der Waals surface area contributed by atoms with E-state index in [0.29, 0.717) is 13.1 Å². The zero-order valence-corrected chi connectivity index (χ0v) is 11.0. The smallest absolute Gasteiger partial charge is 0.248 e. The van der Waals surface area contributed by atoms with Gasteiger partial charge in [-0.25, -0.2) is 8.42 Å². The Kier molecular flexibility index (Phi) is 4.89. The Labute approximate surface area is 102 Å². The number of sulfonamides is 1. The first-order chi connectivity index (χ1) is 8.04. The molecule has 1 rings (SSSR count). The van der Waals surface area contributed by atoms with Gasteiger partial charge in [0, 0.05) is 31.5 Å². The van der Waals surface area contributed by atoms with Crippen LogP contribution in [-0.4, -0.2) is 30.8 Å². The minimum absolute atomic E-state index is 0.179. The number of aromatic nitrogens is 1. The van der Waals surface area contributed by atoms with Crippen LogP contribution in [0.15, 0.2) is 28.2 Å². The second-order valence-electron chi connectivity index (χ2n) is 3.78. The van der Waals surface area contributed by atoms with Crippen LogP contribution in [-0.2, 0) is 10.0 Å². The molecule has 1 heterocycles. The van der Waals surface area contributed by atoms with Crippen molar-refractivity contribution in [3.63, 3.8) is 0 Å². The van der Waals surface area contributed by atoms with Crippen molar-refractivity contribution in [2.24, 2.45) is 0 Å². The van der Waals surface area contributed by atoms with E-state index >= 15 is 0 Å². The van der Waals surface area contributed by atoms with Crippen LogP contribution < -0.4 is 5.43 Å². The summed E-state index contributed by atoms with van der Waals surface area (Å²) in [5.74, 6) is 0. The summed E-state index contributed by atoms with van der Waals surface area (Å²) >= 11 is 0. The molecule has 0 radical (unpaired) electrons. The van der Waals surface area contributed by atoms with E-state index in [1.165, 1.54) is 22.8 Å². The van der Waals surface area contributed by atoms with Crippen LogP contribution in [0.4, 0.5) is 0 Å². The van der Waals surface area contributed by atoms with Gasteiger partial charge in [0.1, 0.15) is 4.90 Å². The van der Waals surface area contributed by atoms with Crippen molar-refractivity contribution in [1.29, 1.82) is 0 Å². The van der Waals surface area contributed by atoms with E-state index < -0.39 is 15.5 Å². The quantitative estimate of drug-likeness (QED) is 0.833. The van der Waals surface area contributed by atoms with Crippen LogP contribution >= 0.6 is 0 Å². The molecule has 0 aliphatic rings. The fourth-order valence-corrected chi connectivity index (χ4v) is 3.26. The Hall–Kier alpha value is -1.14. The first-order valence-corrected chi connectivity index (χ1v) is 7.15. The molecular formula is C11H18N2O3S. The van der Waals surface area contributed by atoms with Crippen LogP contribution in [0.25, 0.3) is 0 Å². The Morgan fingerprint density at radius 2 is 1.82 bits per heavy atom. The summed E-state index contributed by atoms with van der Waals surface area (Å²) in [7, 11) is -3.67. The molecular weight excluding hydrogens is 240 g/mol. The lowest BCUT2D eigenvalue weighted by Crippen LogP contribution is -2.35. The minimum Gasteiger partial charge on any atom is -0.366 e. The highest BCUT2D eigenvalue weighted by atomic mass is 32.2. The molecule has 0 spiro atoms. The molecule has 96 valence electrons. The van der Waals surface area contributed by atoms with Crippen LogP contribution in [0.5, 0.6) is 0 Å². The zero-order valence-electron chi connectivity index (χ0n) is 10.1. The van der Waals surface area contributed by atoms with Crippen molar-refractivity contribution >= 4 is 10.0 Å². The van der Waals surface area contributed by atoms with E-state index in [0.717, 1.165) is 12.8 Å². The topological polar surface area (TPSA) is 70.2 Å². The minimum atomic E-state index is -3.67. The van der Waals surface area contributed by atoms with Crippen molar-refractivity contribution in [3.05, 3.63) is 28.7 Å². The van der Waals surface area contributed by atoms with Crippen molar-refractivity contribution in [3.8, 4) is 0 Å². The SMILES string of the molecule is CCCN(CCC)S(=O)(=O)c1c[nH]ccc1=O. The van der Waals surface area contributed by atoms with Crippen molar-refractivity contribution in [2.45, 2.75) is 31.6 Å². The summed E-state index contributed by atoms with van der Waals surface area (Å²) < 4.78 is 25.8. The third-order valence-corrected chi connectivity index (χ3v) is 4.27. The highest BCUT2D eigenvalue weighted by Crippen LogP contribution is 2.11. The second-order valence-corrected chi connectivity index (χ2v) is 5.68. The highest BCUT2D eigenvalue weighted by Gasteiger charge is 2.25. The van der Waals surface area contributed by atoms with E-state index in [1.807, 2.05) is 13.8 Å². The fraction of sp³-hybridized carbons (Fsp3) is 0.545. The number of pyridine rings is 1. The first kappa shape index (κ1) is 13.9. The average Bonchev–Trinajstić information content (AvgIpc) is 2.29. The molecule has 0 saturated carbocycles. The van der Waals surface area contributed by atoms with Gasteiger partial charge in [-0.15, -0.1) is 0 Å². The van der Waals surface area contributed by atoms with Gasteiger partial charge in [-0.2, -0.15) is 4.31 Å². The molecule has 5 nitrogen and oxygen atoms in total. The summed E-state index contributed by atoms with van der Waals surface area (Å²) in [5.41, 5.74) is -0.471. The zero-order chi connectivity index (χ0) is 12.9. The Morgan fingerprint density at radius 3 is 2.29 bits per heavy atom. The number of hydrogen-bond acceptors (Lipinski definition) is 3. The molecule has 0 atom stereocenters. The van der Waals surface area contributed by atoms with E-state index in [9.17, 15) is 13.2 Å². The van der Waals surface area contributed by atoms with Gasteiger partial charge in [-0.1, -0.05) is 13.8 Å². The maximum Gasteiger partial charge on any atom is 0.248 e. The van der Waals surface area contributed by atoms with Crippen LogP contribution in [0.2, 0.25) is 0 Å². The number of aromatic amines is 1. The van der Waals surface area contributed by atoms with Gasteiger partial charge in [0.05, 0.1) is 0 Å². The predicted molar refractivity (Wildman–Crippen MR) is 66.4 cm³/mol. The normalized spacial score (nSPS) is 11.9. The van der Waals surface area contributed by atoms with E-state index in [2.05, 4.69) is 4.98 Å². The molecule has 0 unspecified atom stereocenters. The van der Waals surface area contributed by atoms with Crippen LogP contribution in [0.3, 0.4) is 0 Å². The molecule has 0 saturated heterocycles. The summed E-state index contributed by atoms with van der Waals surface area (Å²) in [6, 6.07) is 1.23. The van der Waals surface area contributed by atoms with Crippen LogP contribution in [0.1, 0.15) is 26.7 Å². The van der Waals surface area contributed by atoms with Gasteiger partial charge >= 0.3 is 0 Å². The molecule has 1 N–H and O–H groups in total. The number of H-pyrrole nitrogens is 1. The third kappa shape index (κ3) is 3.17. The van der Waals surface area contributed by atoms with Gasteiger partial charge in [0.2, 0.25) is 15.5 Å². The average molecular weight is 258 g/mol. The Bertz CT molecular complexity index is 501. The molecule has 0 aliphatic carbocycles. The molecule has 0 bridgehead atoms. The van der Waals surface area contributed by atoms with E-state index in [4.69, 9.17) is 0 Å². The second kappa shape index (κ2) is 5.97. The molecule has 0 aliphatic heterocycles. The lowest BCUT2D eigenvalue weighted by Gasteiger charge is -2.20. The van der Waals surface area contributed by atoms with E-state index in [-0.39, 0.29) is 4.90 Å². The summed E-state index contributed by atoms with van der Waals surface area (Å²) in [4.78, 5) is 14.0. The summed E-state index contributed by atoms with van der Waals surface area (Å²) in [6.45, 7) is 4.69. The lowest BCUT2D eigenvalue weighted by atomic mass is 10.4. The predicted octanol–water partition coefficient (Wildman–Crippen LogP) is 1.19. The molecule has 6 heteroatoms. The maximum absolute atomic E-state index is 12.2. The number of hydrogen-bond donors (Lipinski definition) is 1. The molecule has 1 aromatic rings. The number of rotatable bonds is 6. The standard InChI is InChI=1S/C11H18N2O3S/c1-3-7-13(8-4-2)17(15,16)11-9-12-6-5-10(11)14/h5-6,9H,3-4,7-8H2,1-2H3,(H,12,14). The van der Waals surface area contributed by atoms with Gasteiger partial charge in [-0.05, 0) is 12.8 Å². The molecule has 1 aromatic heterocycles. The maximum atomic E-state index is 12.2. The highest BCUT2D eigenvalue weighted by molar-refractivity contribution is 7.89. The first-order valence-electron chi connectivity index (χ1n) is 5.71. The summed E-state index contributed by atoms with van der Waals surface area (Å²) in [5, 5.41) is 0. The lowest BCUT2D eigenvalue weighted by molar-refractivity contribution is 0.409. The molecule has 0 fully saturated rings. The Morgan fingerprint density at radius 1 is 1.24 bits per heavy atom. The number of nitrogens with zero attached hydrogens (tertiary/aromatic N) is 1. The monoisotopic (exact) mass is 258 g/mol. The van der Waals surface area contributed by atoms with Crippen molar-refractivity contribution in [1.82, 2.24) is 9.29 Å².